The lowest BCUT2D eigenvalue weighted by Crippen LogP contribution is -2.26. The smallest absolute Gasteiger partial charge is 0.290 e. The van der Waals surface area contributed by atoms with Gasteiger partial charge in [-0.3, -0.25) is 9.89 Å². The minimum Gasteiger partial charge on any atom is -0.349 e. The predicted octanol–water partition coefficient (Wildman–Crippen LogP) is 1.70. The van der Waals surface area contributed by atoms with Crippen molar-refractivity contribution >= 4 is 5.91 Å². The summed E-state index contributed by atoms with van der Waals surface area (Å²) in [5, 5.41) is 9.45. The predicted molar refractivity (Wildman–Crippen MR) is 62.3 cm³/mol. The fraction of sp³-hybridized carbons (Fsp3) is 0.727. The molecule has 1 rings (SSSR count). The van der Waals surface area contributed by atoms with Crippen molar-refractivity contribution in [3.8, 4) is 0 Å². The molecular formula is C11H20N4O. The molecule has 1 aromatic heterocycles. The van der Waals surface area contributed by atoms with E-state index in [1.807, 2.05) is 13.8 Å². The fourth-order valence-electron chi connectivity index (χ4n) is 1.19. The molecule has 16 heavy (non-hydrogen) atoms. The molecule has 1 amide bonds. The summed E-state index contributed by atoms with van der Waals surface area (Å²) < 4.78 is 0. The van der Waals surface area contributed by atoms with Crippen LogP contribution in [0.25, 0.3) is 0 Å². The van der Waals surface area contributed by atoms with E-state index >= 15 is 0 Å². The summed E-state index contributed by atoms with van der Waals surface area (Å²) >= 11 is 0. The zero-order valence-corrected chi connectivity index (χ0v) is 10.4. The van der Waals surface area contributed by atoms with E-state index in [-0.39, 0.29) is 17.6 Å². The molecule has 0 saturated heterocycles. The van der Waals surface area contributed by atoms with Crippen LogP contribution in [0.5, 0.6) is 0 Å². The molecule has 0 aliphatic carbocycles. The molecule has 0 aromatic carbocycles. The van der Waals surface area contributed by atoms with Gasteiger partial charge in [-0.1, -0.05) is 27.7 Å². The second-order valence-electron chi connectivity index (χ2n) is 4.64. The highest BCUT2D eigenvalue weighted by Crippen LogP contribution is 2.07. The van der Waals surface area contributed by atoms with E-state index < -0.39 is 0 Å². The zero-order valence-electron chi connectivity index (χ0n) is 10.4. The number of aromatic amines is 1. The van der Waals surface area contributed by atoms with Crippen LogP contribution in [0.3, 0.4) is 0 Å². The van der Waals surface area contributed by atoms with Crippen LogP contribution in [-0.4, -0.2) is 27.6 Å². The third kappa shape index (κ3) is 3.64. The Labute approximate surface area is 96.0 Å². The highest BCUT2D eigenvalue weighted by atomic mass is 16.2. The van der Waals surface area contributed by atoms with Crippen molar-refractivity contribution in [2.75, 3.05) is 6.54 Å². The minimum absolute atomic E-state index is 0.205. The normalized spacial score (nSPS) is 11.1. The van der Waals surface area contributed by atoms with E-state index in [0.29, 0.717) is 12.5 Å². The molecule has 5 heteroatoms. The molecule has 2 N–H and O–H groups in total. The topological polar surface area (TPSA) is 70.7 Å². The van der Waals surface area contributed by atoms with Crippen molar-refractivity contribution in [2.24, 2.45) is 5.92 Å². The minimum atomic E-state index is -0.205. The Morgan fingerprint density at radius 1 is 1.38 bits per heavy atom. The van der Waals surface area contributed by atoms with Crippen LogP contribution in [0.1, 0.15) is 56.5 Å². The average Bonchev–Trinajstić information content (AvgIpc) is 2.65. The summed E-state index contributed by atoms with van der Waals surface area (Å²) in [5.41, 5.74) is 0. The van der Waals surface area contributed by atoms with Crippen LogP contribution in [0.15, 0.2) is 0 Å². The van der Waals surface area contributed by atoms with Gasteiger partial charge in [-0.2, -0.15) is 0 Å². The van der Waals surface area contributed by atoms with Gasteiger partial charge in [0.25, 0.3) is 5.91 Å². The van der Waals surface area contributed by atoms with E-state index in [1.54, 1.807) is 0 Å². The number of nitrogens with zero attached hydrogens (tertiary/aromatic N) is 2. The monoisotopic (exact) mass is 224 g/mol. The Morgan fingerprint density at radius 2 is 2.06 bits per heavy atom. The summed E-state index contributed by atoms with van der Waals surface area (Å²) in [6, 6.07) is 0. The first-order valence-corrected chi connectivity index (χ1v) is 5.71. The Balaban J connectivity index is 2.46. The summed E-state index contributed by atoms with van der Waals surface area (Å²) in [6.07, 6.45) is 0.965. The molecular weight excluding hydrogens is 204 g/mol. The van der Waals surface area contributed by atoms with Gasteiger partial charge in [-0.15, -0.1) is 5.10 Å². The molecule has 0 unspecified atom stereocenters. The summed E-state index contributed by atoms with van der Waals surface area (Å²) in [7, 11) is 0. The van der Waals surface area contributed by atoms with Crippen LogP contribution in [0, 0.1) is 5.92 Å². The largest absolute Gasteiger partial charge is 0.349 e. The van der Waals surface area contributed by atoms with Gasteiger partial charge in [0, 0.05) is 12.5 Å². The third-order valence-electron chi connectivity index (χ3n) is 2.26. The second-order valence-corrected chi connectivity index (χ2v) is 4.64. The first-order valence-electron chi connectivity index (χ1n) is 5.71. The third-order valence-corrected chi connectivity index (χ3v) is 2.26. The van der Waals surface area contributed by atoms with E-state index in [0.717, 1.165) is 12.2 Å². The Kier molecular flexibility index (Phi) is 4.46. The number of carbonyl (C=O) groups excluding carboxylic acids is 1. The van der Waals surface area contributed by atoms with Crippen LogP contribution >= 0.6 is 0 Å². The number of H-pyrrole nitrogens is 1. The Hall–Kier alpha value is -1.39. The lowest BCUT2D eigenvalue weighted by molar-refractivity contribution is 0.0942. The van der Waals surface area contributed by atoms with Gasteiger partial charge in [0.15, 0.2) is 0 Å². The summed E-state index contributed by atoms with van der Waals surface area (Å²) in [6.45, 7) is 8.91. The molecule has 0 spiro atoms. The zero-order chi connectivity index (χ0) is 12.1. The number of amides is 1. The van der Waals surface area contributed by atoms with Crippen molar-refractivity contribution in [3.63, 3.8) is 0 Å². The van der Waals surface area contributed by atoms with Crippen LogP contribution in [-0.2, 0) is 0 Å². The maximum Gasteiger partial charge on any atom is 0.290 e. The Bertz CT molecular complexity index is 344. The van der Waals surface area contributed by atoms with Gasteiger partial charge in [-0.25, -0.2) is 4.98 Å². The molecule has 90 valence electrons. The fourth-order valence-corrected chi connectivity index (χ4v) is 1.19. The number of aromatic nitrogens is 3. The molecule has 0 fully saturated rings. The first-order chi connectivity index (χ1) is 7.50. The van der Waals surface area contributed by atoms with Crippen molar-refractivity contribution < 1.29 is 4.79 Å². The van der Waals surface area contributed by atoms with Gasteiger partial charge in [0.2, 0.25) is 5.82 Å². The number of nitrogens with one attached hydrogen (secondary N) is 2. The maximum absolute atomic E-state index is 11.6. The second kappa shape index (κ2) is 5.63. The van der Waals surface area contributed by atoms with Crippen LogP contribution in [0.2, 0.25) is 0 Å². The number of hydrogen-bond donors (Lipinski definition) is 2. The number of rotatable bonds is 5. The van der Waals surface area contributed by atoms with Crippen LogP contribution in [0.4, 0.5) is 0 Å². The van der Waals surface area contributed by atoms with E-state index in [1.165, 1.54) is 0 Å². The van der Waals surface area contributed by atoms with E-state index in [4.69, 9.17) is 0 Å². The molecule has 0 atom stereocenters. The molecule has 0 radical (unpaired) electrons. The number of hydrogen-bond acceptors (Lipinski definition) is 3. The van der Waals surface area contributed by atoms with E-state index in [2.05, 4.69) is 34.3 Å². The SMILES string of the molecule is CC(C)CCNC(=O)c1n[nH]c(C(C)C)n1. The highest BCUT2D eigenvalue weighted by molar-refractivity contribution is 5.90. The molecule has 1 aromatic rings. The van der Waals surface area contributed by atoms with Crippen LogP contribution < -0.4 is 5.32 Å². The lowest BCUT2D eigenvalue weighted by Gasteiger charge is -2.04. The standard InChI is InChI=1S/C11H20N4O/c1-7(2)5-6-12-11(16)10-13-9(8(3)4)14-15-10/h7-8H,5-6H2,1-4H3,(H,12,16)(H,13,14,15). The molecule has 0 bridgehead atoms. The maximum atomic E-state index is 11.6. The average molecular weight is 224 g/mol. The van der Waals surface area contributed by atoms with E-state index in [9.17, 15) is 4.79 Å². The van der Waals surface area contributed by atoms with Crippen molar-refractivity contribution in [1.29, 1.82) is 0 Å². The molecule has 0 aliphatic heterocycles. The number of carbonyl (C=O) groups is 1. The molecule has 1 heterocycles. The van der Waals surface area contributed by atoms with Crippen molar-refractivity contribution in [1.82, 2.24) is 20.5 Å². The summed E-state index contributed by atoms with van der Waals surface area (Å²) in [4.78, 5) is 15.7. The summed E-state index contributed by atoms with van der Waals surface area (Å²) in [5.74, 6) is 1.61. The van der Waals surface area contributed by atoms with Crippen molar-refractivity contribution in [3.05, 3.63) is 11.6 Å². The molecule has 5 nitrogen and oxygen atoms in total. The van der Waals surface area contributed by atoms with Gasteiger partial charge < -0.3 is 5.32 Å². The highest BCUT2D eigenvalue weighted by Gasteiger charge is 2.13. The Morgan fingerprint density at radius 3 is 2.56 bits per heavy atom. The van der Waals surface area contributed by atoms with Gasteiger partial charge in [0.1, 0.15) is 5.82 Å². The molecule has 0 aliphatic rings. The first kappa shape index (κ1) is 12.7. The van der Waals surface area contributed by atoms with Crippen molar-refractivity contribution in [2.45, 2.75) is 40.0 Å². The lowest BCUT2D eigenvalue weighted by atomic mass is 10.1. The van der Waals surface area contributed by atoms with Gasteiger partial charge in [-0.05, 0) is 12.3 Å². The quantitative estimate of drug-likeness (QED) is 0.799. The van der Waals surface area contributed by atoms with Gasteiger partial charge in [0.05, 0.1) is 0 Å². The molecule has 0 saturated carbocycles. The van der Waals surface area contributed by atoms with Gasteiger partial charge >= 0.3 is 0 Å².